The maximum absolute atomic E-state index is 13.0. The summed E-state index contributed by atoms with van der Waals surface area (Å²) < 4.78 is 40.1. The molecule has 0 amide bonds. The predicted molar refractivity (Wildman–Crippen MR) is 198 cm³/mol. The Morgan fingerprint density at radius 2 is 1.48 bits per heavy atom. The average Bonchev–Trinajstić information content (AvgIpc) is 3.54. The minimum absolute atomic E-state index is 0.0418. The van der Waals surface area contributed by atoms with Crippen LogP contribution in [-0.4, -0.2) is 66.4 Å². The Balaban J connectivity index is 1.59. The molecule has 13 heteroatoms. The van der Waals surface area contributed by atoms with Gasteiger partial charge in [-0.3, -0.25) is 9.78 Å². The molecule has 3 aromatic carbocycles. The molecule has 2 N–H and O–H groups in total. The summed E-state index contributed by atoms with van der Waals surface area (Å²) in [5.74, 6) is 1.40. The van der Waals surface area contributed by atoms with Gasteiger partial charge in [0.1, 0.15) is 23.2 Å². The summed E-state index contributed by atoms with van der Waals surface area (Å²) in [6, 6.07) is 27.7. The van der Waals surface area contributed by atoms with Gasteiger partial charge in [0.2, 0.25) is 0 Å². The van der Waals surface area contributed by atoms with E-state index in [2.05, 4.69) is 48.4 Å². The van der Waals surface area contributed by atoms with Crippen molar-refractivity contribution in [3.8, 4) is 17.6 Å². The van der Waals surface area contributed by atoms with E-state index < -0.39 is 43.7 Å². The molecule has 0 aliphatic carbocycles. The second kappa shape index (κ2) is 17.9. The van der Waals surface area contributed by atoms with E-state index in [4.69, 9.17) is 28.0 Å². The van der Waals surface area contributed by atoms with Gasteiger partial charge in [-0.25, -0.2) is 9.46 Å². The van der Waals surface area contributed by atoms with Gasteiger partial charge in [-0.2, -0.15) is 5.26 Å². The zero-order valence-electron chi connectivity index (χ0n) is 30.4. The molecule has 1 saturated heterocycles. The third kappa shape index (κ3) is 8.81. The largest absolute Gasteiger partial charge is 0.497 e. The van der Waals surface area contributed by atoms with Gasteiger partial charge in [0, 0.05) is 24.7 Å². The number of aromatic amines is 2. The topological polar surface area (TPSA) is 148 Å². The Kier molecular flexibility index (Phi) is 13.4. The number of methoxy groups -OCH3 is 2. The maximum atomic E-state index is 13.0. The average molecular weight is 731 g/mol. The van der Waals surface area contributed by atoms with Crippen molar-refractivity contribution in [2.75, 3.05) is 27.4 Å². The SMILES string of the molecule is COc1ccc(C(OC[C@H]2O[C@@H](c3c[nH]c(=O)[nH]c3=O)C[C@@H]2OP(OCCC#N)N(C(C)C)C(C)C)(c2ccccc2)c2ccc(OC)cc2)cc1. The number of hydrogen-bond donors (Lipinski definition) is 2. The fraction of sp³-hybridized carbons (Fsp3) is 0.410. The highest BCUT2D eigenvalue weighted by molar-refractivity contribution is 7.44. The highest BCUT2D eigenvalue weighted by Crippen LogP contribution is 2.51. The van der Waals surface area contributed by atoms with Crippen LogP contribution in [0.2, 0.25) is 0 Å². The van der Waals surface area contributed by atoms with Crippen LogP contribution in [0, 0.1) is 11.3 Å². The van der Waals surface area contributed by atoms with Crippen LogP contribution >= 0.6 is 8.53 Å². The lowest BCUT2D eigenvalue weighted by molar-refractivity contribution is -0.0808. The number of rotatable bonds is 17. The van der Waals surface area contributed by atoms with Crippen molar-refractivity contribution in [2.24, 2.45) is 0 Å². The molecule has 1 aromatic heterocycles. The first-order valence-corrected chi connectivity index (χ1v) is 18.4. The monoisotopic (exact) mass is 730 g/mol. The van der Waals surface area contributed by atoms with Gasteiger partial charge in [0.05, 0.1) is 57.7 Å². The van der Waals surface area contributed by atoms with E-state index in [1.807, 2.05) is 78.9 Å². The van der Waals surface area contributed by atoms with Crippen molar-refractivity contribution in [3.05, 3.63) is 128 Å². The molecule has 12 nitrogen and oxygen atoms in total. The molecular weight excluding hydrogens is 683 g/mol. The summed E-state index contributed by atoms with van der Waals surface area (Å²) in [5, 5.41) is 9.27. The van der Waals surface area contributed by atoms with Crippen LogP contribution in [0.3, 0.4) is 0 Å². The van der Waals surface area contributed by atoms with E-state index >= 15 is 0 Å². The third-order valence-electron chi connectivity index (χ3n) is 8.92. The molecule has 1 aliphatic heterocycles. The van der Waals surface area contributed by atoms with Crippen molar-refractivity contribution >= 4 is 8.53 Å². The summed E-state index contributed by atoms with van der Waals surface area (Å²) in [6.45, 7) is 8.51. The molecule has 1 unspecified atom stereocenters. The molecule has 1 fully saturated rings. The molecule has 2 heterocycles. The number of H-pyrrole nitrogens is 2. The van der Waals surface area contributed by atoms with Gasteiger partial charge >= 0.3 is 5.69 Å². The molecule has 276 valence electrons. The van der Waals surface area contributed by atoms with E-state index in [-0.39, 0.29) is 43.7 Å². The number of nitrogens with one attached hydrogen (secondary N) is 2. The van der Waals surface area contributed by atoms with Crippen molar-refractivity contribution < 1.29 is 28.0 Å². The fourth-order valence-corrected chi connectivity index (χ4v) is 8.28. The van der Waals surface area contributed by atoms with Gasteiger partial charge in [-0.15, -0.1) is 0 Å². The first-order valence-electron chi connectivity index (χ1n) is 17.3. The molecule has 0 saturated carbocycles. The number of nitriles is 1. The summed E-state index contributed by atoms with van der Waals surface area (Å²) in [4.78, 5) is 29.8. The Morgan fingerprint density at radius 3 is 2.00 bits per heavy atom. The summed E-state index contributed by atoms with van der Waals surface area (Å²) in [7, 11) is 1.59. The molecule has 1 aliphatic rings. The van der Waals surface area contributed by atoms with Crippen LogP contribution in [0.5, 0.6) is 11.5 Å². The van der Waals surface area contributed by atoms with Crippen LogP contribution in [0.4, 0.5) is 0 Å². The molecule has 0 spiro atoms. The van der Waals surface area contributed by atoms with Crippen LogP contribution in [0.15, 0.2) is 94.6 Å². The second-order valence-corrected chi connectivity index (χ2v) is 14.3. The van der Waals surface area contributed by atoms with E-state index in [0.717, 1.165) is 16.7 Å². The molecule has 4 atom stereocenters. The first kappa shape index (κ1) is 38.9. The van der Waals surface area contributed by atoms with Crippen molar-refractivity contribution in [1.82, 2.24) is 14.6 Å². The highest BCUT2D eigenvalue weighted by Gasteiger charge is 2.45. The lowest BCUT2D eigenvalue weighted by atomic mass is 9.80. The van der Waals surface area contributed by atoms with Gasteiger partial charge in [0.15, 0.2) is 0 Å². The predicted octanol–water partition coefficient (Wildman–Crippen LogP) is 6.58. The molecule has 0 bridgehead atoms. The van der Waals surface area contributed by atoms with Crippen LogP contribution in [0.25, 0.3) is 0 Å². The van der Waals surface area contributed by atoms with Gasteiger partial charge in [-0.1, -0.05) is 54.6 Å². The number of hydrogen-bond acceptors (Lipinski definition) is 10. The van der Waals surface area contributed by atoms with Crippen molar-refractivity contribution in [3.63, 3.8) is 0 Å². The lowest BCUT2D eigenvalue weighted by Gasteiger charge is -2.39. The Bertz CT molecular complexity index is 1820. The zero-order valence-corrected chi connectivity index (χ0v) is 31.3. The zero-order chi connectivity index (χ0) is 37.3. The lowest BCUT2D eigenvalue weighted by Crippen LogP contribution is -2.39. The van der Waals surface area contributed by atoms with Gasteiger partial charge in [-0.05, 0) is 68.7 Å². The Morgan fingerprint density at radius 1 is 0.904 bits per heavy atom. The van der Waals surface area contributed by atoms with Gasteiger partial charge in [0.25, 0.3) is 14.1 Å². The Hall–Kier alpha value is -4.34. The van der Waals surface area contributed by atoms with E-state index in [1.54, 1.807) is 14.2 Å². The number of ether oxygens (including phenoxy) is 4. The van der Waals surface area contributed by atoms with E-state index in [0.29, 0.717) is 11.5 Å². The number of nitrogens with zero attached hydrogens (tertiary/aromatic N) is 2. The van der Waals surface area contributed by atoms with E-state index in [1.165, 1.54) is 6.20 Å². The quantitative estimate of drug-likeness (QED) is 0.0694. The summed E-state index contributed by atoms with van der Waals surface area (Å²) in [5.41, 5.74) is 0.574. The molecule has 5 rings (SSSR count). The number of benzene rings is 3. The fourth-order valence-electron chi connectivity index (χ4n) is 6.53. The van der Waals surface area contributed by atoms with Crippen molar-refractivity contribution in [1.29, 1.82) is 5.26 Å². The smallest absolute Gasteiger partial charge is 0.325 e. The van der Waals surface area contributed by atoms with Crippen LogP contribution in [-0.2, 0) is 24.1 Å². The van der Waals surface area contributed by atoms with Gasteiger partial charge < -0.3 is 33.0 Å². The normalized spacial score (nSPS) is 18.1. The minimum atomic E-state index is -1.66. The Labute approximate surface area is 305 Å². The second-order valence-electron chi connectivity index (χ2n) is 12.9. The first-order chi connectivity index (χ1) is 25.1. The van der Waals surface area contributed by atoms with Crippen molar-refractivity contribution in [2.45, 2.75) is 76.5 Å². The highest BCUT2D eigenvalue weighted by atomic mass is 31.2. The summed E-state index contributed by atoms with van der Waals surface area (Å²) in [6.07, 6.45) is -0.105. The molecule has 0 radical (unpaired) electrons. The number of aromatic nitrogens is 2. The molecular formula is C39H47N4O8P. The maximum Gasteiger partial charge on any atom is 0.325 e. The third-order valence-corrected chi connectivity index (χ3v) is 11.1. The minimum Gasteiger partial charge on any atom is -0.497 e. The standard InChI is InChI=1S/C39H47N4O8P/c1-26(2)43(27(3)4)52(49-22-10-21-40)51-35-23-34(33-24-41-38(45)42-37(33)44)50-36(35)25-48-39(28-11-8-7-9-12-28,29-13-17-31(46-5)18-14-29)30-15-19-32(47-6)20-16-30/h7-9,11-20,24,26-27,34-36H,10,22-23,25H2,1-6H3,(H2,41,42,44,45)/t34-,35+,36-,52?/m1/s1. The van der Waals surface area contributed by atoms with E-state index in [9.17, 15) is 14.9 Å². The molecule has 52 heavy (non-hydrogen) atoms. The van der Waals surface area contributed by atoms with Crippen LogP contribution < -0.4 is 20.7 Å². The van der Waals surface area contributed by atoms with Crippen LogP contribution in [0.1, 0.15) is 68.9 Å². The summed E-state index contributed by atoms with van der Waals surface area (Å²) >= 11 is 0. The molecule has 4 aromatic rings.